The second kappa shape index (κ2) is 4.22. The Bertz CT molecular complexity index is 64.0. The Balaban J connectivity index is 2.82. The maximum absolute atomic E-state index is 9.67. The molecule has 0 unspecified atom stereocenters. The fourth-order valence-electron chi connectivity index (χ4n) is 0.0970. The van der Waals surface area contributed by atoms with Crippen LogP contribution >= 0.6 is 23.2 Å². The first-order valence-corrected chi connectivity index (χ1v) is 2.33. The largest absolute Gasteiger partial charge is 0.452 e. The van der Waals surface area contributed by atoms with E-state index >= 15 is 0 Å². The predicted molar refractivity (Wildman–Crippen MR) is 27.4 cm³/mol. The first-order chi connectivity index (χ1) is 3.27. The Morgan fingerprint density at radius 1 is 1.86 bits per heavy atom. The fraction of sp³-hybridized carbons (Fsp3) is 0.333. The van der Waals surface area contributed by atoms with Crippen LogP contribution in [0.25, 0.3) is 0 Å². The van der Waals surface area contributed by atoms with Crippen LogP contribution in [-0.2, 0) is 4.74 Å². The lowest BCUT2D eigenvalue weighted by Crippen LogP contribution is -1.92. The number of hydrogen-bond acceptors (Lipinski definition) is 2. The molecule has 0 aliphatic heterocycles. The zero-order chi connectivity index (χ0) is 5.70. The Morgan fingerprint density at radius 3 is 2.57 bits per heavy atom. The second-order valence-electron chi connectivity index (χ2n) is 0.703. The van der Waals surface area contributed by atoms with Gasteiger partial charge in [-0.05, 0) is 0 Å². The molecule has 0 aromatic heterocycles. The van der Waals surface area contributed by atoms with Crippen LogP contribution in [0.4, 0.5) is 4.79 Å². The van der Waals surface area contributed by atoms with E-state index in [1.807, 2.05) is 0 Å². The number of rotatable bonds is 2. The molecule has 41 valence electrons. The molecule has 0 atom stereocenters. The van der Waals surface area contributed by atoms with Crippen LogP contribution in [0.5, 0.6) is 0 Å². The Kier molecular flexibility index (Phi) is 4.25. The number of carbonyl (C=O) groups is 1. The molecule has 2 nitrogen and oxygen atoms in total. The molecule has 7 heavy (non-hydrogen) atoms. The van der Waals surface area contributed by atoms with Crippen molar-refractivity contribution in [1.29, 1.82) is 0 Å². The van der Waals surface area contributed by atoms with Crippen molar-refractivity contribution in [3.8, 4) is 0 Å². The number of halogens is 2. The quantitative estimate of drug-likeness (QED) is 0.549. The first kappa shape index (κ1) is 7.05. The van der Waals surface area contributed by atoms with Gasteiger partial charge in [-0.25, -0.2) is 4.79 Å². The lowest BCUT2D eigenvalue weighted by Gasteiger charge is -1.90. The second-order valence-corrected chi connectivity index (χ2v) is 1.32. The van der Waals surface area contributed by atoms with Crippen LogP contribution in [0.3, 0.4) is 0 Å². The predicted octanol–water partition coefficient (Wildman–Crippen LogP) is 1.76. The zero-order valence-corrected chi connectivity index (χ0v) is 4.87. The van der Waals surface area contributed by atoms with Crippen LogP contribution in [0.2, 0.25) is 0 Å². The summed E-state index contributed by atoms with van der Waals surface area (Å²) in [6.45, 7) is 0.0594. The molecule has 0 saturated carbocycles. The average molecular weight is 142 g/mol. The van der Waals surface area contributed by atoms with Crippen LogP contribution in [0, 0.1) is 5.88 Å². The molecule has 0 aliphatic rings. The van der Waals surface area contributed by atoms with Gasteiger partial charge in [0.2, 0.25) is 0 Å². The minimum atomic E-state index is -0.836. The monoisotopic (exact) mass is 141 g/mol. The van der Waals surface area contributed by atoms with Gasteiger partial charge in [-0.1, -0.05) is 0 Å². The topological polar surface area (TPSA) is 26.3 Å². The molecule has 0 spiro atoms. The summed E-state index contributed by atoms with van der Waals surface area (Å²) in [6.07, 6.45) is 0. The van der Waals surface area contributed by atoms with E-state index in [2.05, 4.69) is 4.74 Å². The smallest absolute Gasteiger partial charge is 0.403 e. The van der Waals surface area contributed by atoms with E-state index in [1.165, 1.54) is 5.88 Å². The molecule has 0 amide bonds. The Hall–Kier alpha value is 0.0500. The lowest BCUT2D eigenvalue weighted by atomic mass is 10.9. The van der Waals surface area contributed by atoms with E-state index in [1.54, 1.807) is 0 Å². The van der Waals surface area contributed by atoms with Crippen LogP contribution in [0.1, 0.15) is 0 Å². The van der Waals surface area contributed by atoms with Crippen molar-refractivity contribution < 1.29 is 9.53 Å². The summed E-state index contributed by atoms with van der Waals surface area (Å²) in [5.41, 5.74) is -0.836. The van der Waals surface area contributed by atoms with E-state index < -0.39 is 5.43 Å². The Morgan fingerprint density at radius 2 is 2.43 bits per heavy atom. The molecule has 0 aromatic carbocycles. The van der Waals surface area contributed by atoms with Crippen molar-refractivity contribution in [2.45, 2.75) is 0 Å². The molecule has 0 aliphatic carbocycles. The van der Waals surface area contributed by atoms with Crippen molar-refractivity contribution in [2.24, 2.45) is 0 Å². The summed E-state index contributed by atoms with van der Waals surface area (Å²) in [5.74, 6) is 1.17. The van der Waals surface area contributed by atoms with Gasteiger partial charge in [-0.3, -0.25) is 0 Å². The van der Waals surface area contributed by atoms with E-state index in [-0.39, 0.29) is 6.61 Å². The molecule has 4 heteroatoms. The van der Waals surface area contributed by atoms with Crippen LogP contribution < -0.4 is 0 Å². The molecule has 0 heterocycles. The van der Waals surface area contributed by atoms with Gasteiger partial charge >= 0.3 is 5.43 Å². The highest BCUT2D eigenvalue weighted by Crippen LogP contribution is 1.89. The van der Waals surface area contributed by atoms with Gasteiger partial charge in [0.25, 0.3) is 0 Å². The molecular formula is C3H3Cl2O2. The summed E-state index contributed by atoms with van der Waals surface area (Å²) < 4.78 is 4.13. The highest BCUT2D eigenvalue weighted by atomic mass is 35.5. The third kappa shape index (κ3) is 6.05. The molecule has 0 bridgehead atoms. The van der Waals surface area contributed by atoms with E-state index in [0.717, 1.165) is 0 Å². The maximum Gasteiger partial charge on any atom is 0.403 e. The van der Waals surface area contributed by atoms with Crippen molar-refractivity contribution in [3.05, 3.63) is 5.88 Å². The summed E-state index contributed by atoms with van der Waals surface area (Å²) in [7, 11) is 0. The van der Waals surface area contributed by atoms with Gasteiger partial charge in [0, 0.05) is 11.6 Å². The van der Waals surface area contributed by atoms with Gasteiger partial charge in [-0.2, -0.15) is 0 Å². The molecular weight excluding hydrogens is 139 g/mol. The third-order valence-electron chi connectivity index (χ3n) is 0.260. The van der Waals surface area contributed by atoms with Crippen molar-refractivity contribution in [2.75, 3.05) is 6.61 Å². The van der Waals surface area contributed by atoms with Gasteiger partial charge in [0.1, 0.15) is 6.61 Å². The molecule has 0 rings (SSSR count). The summed E-state index contributed by atoms with van der Waals surface area (Å²) in [5, 5.41) is 0. The van der Waals surface area contributed by atoms with Gasteiger partial charge < -0.3 is 4.74 Å². The molecule has 0 saturated heterocycles. The molecule has 0 fully saturated rings. The van der Waals surface area contributed by atoms with Crippen LogP contribution in [-0.4, -0.2) is 12.0 Å². The number of carbonyl (C=O) groups excluding carboxylic acids is 1. The maximum atomic E-state index is 9.67. The zero-order valence-electron chi connectivity index (χ0n) is 3.36. The van der Waals surface area contributed by atoms with E-state index in [4.69, 9.17) is 23.2 Å². The Labute approximate surface area is 51.4 Å². The van der Waals surface area contributed by atoms with E-state index in [0.29, 0.717) is 0 Å². The van der Waals surface area contributed by atoms with Gasteiger partial charge in [0.05, 0.1) is 5.88 Å². The minimum Gasteiger partial charge on any atom is -0.452 e. The third-order valence-corrected chi connectivity index (χ3v) is 0.495. The van der Waals surface area contributed by atoms with Crippen LogP contribution in [0.15, 0.2) is 0 Å². The number of hydrogen-bond donors (Lipinski definition) is 0. The summed E-state index contributed by atoms with van der Waals surface area (Å²) >= 11 is 9.70. The van der Waals surface area contributed by atoms with Gasteiger partial charge in [0.15, 0.2) is 0 Å². The molecule has 0 N–H and O–H groups in total. The normalized spacial score (nSPS) is 8.29. The average Bonchev–Trinajstić information content (AvgIpc) is 1.61. The molecule has 1 radical (unpaired) electrons. The minimum absolute atomic E-state index is 0.0594. The highest BCUT2D eigenvalue weighted by molar-refractivity contribution is 6.61. The van der Waals surface area contributed by atoms with Crippen molar-refractivity contribution in [3.63, 3.8) is 0 Å². The van der Waals surface area contributed by atoms with Crippen molar-refractivity contribution >= 4 is 28.6 Å². The standard InChI is InChI=1S/C3H3Cl2O2/c4-1-2-7-3(5)6/h1H,2H2. The van der Waals surface area contributed by atoms with E-state index in [9.17, 15) is 4.79 Å². The summed E-state index contributed by atoms with van der Waals surface area (Å²) in [6, 6.07) is 0. The van der Waals surface area contributed by atoms with Gasteiger partial charge in [-0.15, -0.1) is 11.6 Å². The fourth-order valence-corrected chi connectivity index (χ4v) is 0.223. The van der Waals surface area contributed by atoms with Crippen molar-refractivity contribution in [1.82, 2.24) is 0 Å². The SMILES string of the molecule is O=C(Cl)OC[CH]Cl. The lowest BCUT2D eigenvalue weighted by molar-refractivity contribution is 0.184. The molecule has 0 aromatic rings. The summed E-state index contributed by atoms with van der Waals surface area (Å²) in [4.78, 5) is 9.67. The number of ether oxygens (including phenoxy) is 1. The first-order valence-electron chi connectivity index (χ1n) is 1.51. The highest BCUT2D eigenvalue weighted by Gasteiger charge is 1.90.